The first-order chi connectivity index (χ1) is 28.8. The summed E-state index contributed by atoms with van der Waals surface area (Å²) in [6.07, 6.45) is 56.5. The van der Waals surface area contributed by atoms with Crippen molar-refractivity contribution in [3.05, 3.63) is 85.1 Å². The van der Waals surface area contributed by atoms with Gasteiger partial charge in [0.05, 0.1) is 19.6 Å². The number of allylic oxidation sites excluding steroid dienone is 13. The molecule has 0 heterocycles. The topological polar surface area (TPSA) is 134 Å². The number of unbranched alkanes of at least 4 members (excludes halogenated alkanes) is 16. The molecule has 0 radical (unpaired) electrons. The number of ether oxygens (including phenoxy) is 2. The van der Waals surface area contributed by atoms with Crippen LogP contribution in [0.5, 0.6) is 0 Å². The van der Waals surface area contributed by atoms with Gasteiger partial charge >= 0.3 is 19.8 Å². The van der Waals surface area contributed by atoms with Gasteiger partial charge in [-0.05, 0) is 70.6 Å². The first kappa shape index (κ1) is 56.2. The van der Waals surface area contributed by atoms with E-state index in [4.69, 9.17) is 24.3 Å². The monoisotopic (exact) mass is 846 g/mol. The first-order valence-electron chi connectivity index (χ1n) is 23.1. The second kappa shape index (κ2) is 44.7. The summed E-state index contributed by atoms with van der Waals surface area (Å²) in [5.74, 6) is -0.983. The summed E-state index contributed by atoms with van der Waals surface area (Å²) in [7, 11) is -4.41. The van der Waals surface area contributed by atoms with Crippen LogP contribution in [0.3, 0.4) is 0 Å². The van der Waals surface area contributed by atoms with Crippen LogP contribution in [-0.4, -0.2) is 49.3 Å². The van der Waals surface area contributed by atoms with Crippen LogP contribution in [0, 0.1) is 0 Å². The van der Waals surface area contributed by atoms with Crippen LogP contribution in [0.25, 0.3) is 0 Å². The van der Waals surface area contributed by atoms with Crippen LogP contribution < -0.4 is 5.73 Å². The molecule has 59 heavy (non-hydrogen) atoms. The number of phosphoric acid groups is 1. The zero-order valence-corrected chi connectivity index (χ0v) is 38.1. The molecular weight excluding hydrogens is 762 g/mol. The van der Waals surface area contributed by atoms with E-state index in [9.17, 15) is 19.0 Å². The summed E-state index contributed by atoms with van der Waals surface area (Å²) in [4.78, 5) is 34.8. The van der Waals surface area contributed by atoms with Gasteiger partial charge in [-0.15, -0.1) is 0 Å². The van der Waals surface area contributed by atoms with Crippen LogP contribution in [0.1, 0.15) is 181 Å². The third kappa shape index (κ3) is 44.6. The molecule has 0 saturated heterocycles. The van der Waals surface area contributed by atoms with E-state index in [1.807, 2.05) is 12.2 Å². The van der Waals surface area contributed by atoms with Crippen molar-refractivity contribution in [3.63, 3.8) is 0 Å². The minimum absolute atomic E-state index is 0.00588. The van der Waals surface area contributed by atoms with Gasteiger partial charge in [-0.25, -0.2) is 4.57 Å². The Bertz CT molecular complexity index is 1240. The van der Waals surface area contributed by atoms with Crippen molar-refractivity contribution in [3.8, 4) is 0 Å². The lowest BCUT2D eigenvalue weighted by Gasteiger charge is -2.19. The Kier molecular flexibility index (Phi) is 42.6. The molecule has 0 saturated carbocycles. The van der Waals surface area contributed by atoms with Crippen molar-refractivity contribution in [2.75, 3.05) is 26.4 Å². The maximum atomic E-state index is 12.5. The average Bonchev–Trinajstić information content (AvgIpc) is 3.22. The van der Waals surface area contributed by atoms with Gasteiger partial charge in [0.15, 0.2) is 6.10 Å². The fourth-order valence-electron chi connectivity index (χ4n) is 5.92. The molecule has 0 aliphatic carbocycles. The molecule has 338 valence electrons. The highest BCUT2D eigenvalue weighted by atomic mass is 31.2. The Labute approximate surface area is 360 Å². The van der Waals surface area contributed by atoms with Crippen molar-refractivity contribution in [1.82, 2.24) is 0 Å². The minimum atomic E-state index is -4.41. The Balaban J connectivity index is 4.17. The number of hydrogen-bond donors (Lipinski definition) is 2. The van der Waals surface area contributed by atoms with E-state index in [0.717, 1.165) is 51.4 Å². The molecule has 0 amide bonds. The number of phosphoric ester groups is 1. The summed E-state index contributed by atoms with van der Waals surface area (Å²) in [5.41, 5.74) is 5.34. The van der Waals surface area contributed by atoms with E-state index in [-0.39, 0.29) is 32.6 Å². The largest absolute Gasteiger partial charge is 0.472 e. The Morgan fingerprint density at radius 2 is 0.983 bits per heavy atom. The fourth-order valence-corrected chi connectivity index (χ4v) is 6.68. The van der Waals surface area contributed by atoms with Gasteiger partial charge in [-0.1, -0.05) is 182 Å². The second-order valence-electron chi connectivity index (χ2n) is 14.9. The molecule has 9 nitrogen and oxygen atoms in total. The smallest absolute Gasteiger partial charge is 0.462 e. The number of rotatable bonds is 42. The van der Waals surface area contributed by atoms with Crippen molar-refractivity contribution < 1.29 is 37.6 Å². The molecule has 3 N–H and O–H groups in total. The molecule has 2 atom stereocenters. The molecular formula is C49H84NO8P. The van der Waals surface area contributed by atoms with Crippen LogP contribution in [-0.2, 0) is 32.7 Å². The van der Waals surface area contributed by atoms with Gasteiger partial charge in [0.2, 0.25) is 0 Å². The SMILES string of the molecule is CC/C=C\C/C=C\C/C=C\C/C=C\C/C=C\CC(=O)OC(COC(=O)CCCCCCCCCCCCC/C=C\C/C=C\CCCCCCC)COP(=O)(O)OCCN. The van der Waals surface area contributed by atoms with Crippen molar-refractivity contribution in [2.45, 2.75) is 187 Å². The molecule has 2 unspecified atom stereocenters. The van der Waals surface area contributed by atoms with Crippen molar-refractivity contribution >= 4 is 19.8 Å². The number of hydrogen-bond acceptors (Lipinski definition) is 8. The van der Waals surface area contributed by atoms with Gasteiger partial charge in [-0.3, -0.25) is 18.6 Å². The molecule has 0 bridgehead atoms. The van der Waals surface area contributed by atoms with Crippen LogP contribution in [0.4, 0.5) is 0 Å². The second-order valence-corrected chi connectivity index (χ2v) is 16.4. The zero-order chi connectivity index (χ0) is 43.2. The number of carbonyl (C=O) groups excluding carboxylic acids is 2. The molecule has 0 aliphatic heterocycles. The van der Waals surface area contributed by atoms with E-state index in [0.29, 0.717) is 12.8 Å². The van der Waals surface area contributed by atoms with E-state index < -0.39 is 32.5 Å². The first-order valence-corrected chi connectivity index (χ1v) is 24.6. The van der Waals surface area contributed by atoms with Crippen LogP contribution >= 0.6 is 7.82 Å². The van der Waals surface area contributed by atoms with E-state index in [2.05, 4.69) is 80.7 Å². The molecule has 0 aliphatic rings. The summed E-state index contributed by atoms with van der Waals surface area (Å²) in [6.45, 7) is 3.48. The highest BCUT2D eigenvalue weighted by Crippen LogP contribution is 2.43. The highest BCUT2D eigenvalue weighted by molar-refractivity contribution is 7.47. The summed E-state index contributed by atoms with van der Waals surface area (Å²) < 4.78 is 32.7. The van der Waals surface area contributed by atoms with Gasteiger partial charge < -0.3 is 20.1 Å². The normalized spacial score (nSPS) is 14.0. The Morgan fingerprint density at radius 3 is 1.47 bits per heavy atom. The van der Waals surface area contributed by atoms with E-state index in [1.165, 1.54) is 89.9 Å². The lowest BCUT2D eigenvalue weighted by atomic mass is 10.0. The van der Waals surface area contributed by atoms with E-state index in [1.54, 1.807) is 6.08 Å². The van der Waals surface area contributed by atoms with Gasteiger partial charge in [-0.2, -0.15) is 0 Å². The molecule has 0 aromatic rings. The zero-order valence-electron chi connectivity index (χ0n) is 37.2. The fraction of sp³-hybridized carbons (Fsp3) is 0.673. The Morgan fingerprint density at radius 1 is 0.542 bits per heavy atom. The molecule has 0 rings (SSSR count). The molecule has 0 aromatic carbocycles. The van der Waals surface area contributed by atoms with Crippen molar-refractivity contribution in [1.29, 1.82) is 0 Å². The lowest BCUT2D eigenvalue weighted by Crippen LogP contribution is -2.29. The summed E-state index contributed by atoms with van der Waals surface area (Å²) >= 11 is 0. The highest BCUT2D eigenvalue weighted by Gasteiger charge is 2.25. The summed E-state index contributed by atoms with van der Waals surface area (Å²) in [5, 5.41) is 0. The average molecular weight is 846 g/mol. The van der Waals surface area contributed by atoms with Crippen LogP contribution in [0.15, 0.2) is 85.1 Å². The van der Waals surface area contributed by atoms with Gasteiger partial charge in [0, 0.05) is 13.0 Å². The molecule has 0 aromatic heterocycles. The maximum Gasteiger partial charge on any atom is 0.472 e. The molecule has 0 fully saturated rings. The molecule has 10 heteroatoms. The predicted molar refractivity (Wildman–Crippen MR) is 247 cm³/mol. The van der Waals surface area contributed by atoms with Gasteiger partial charge in [0.25, 0.3) is 0 Å². The van der Waals surface area contributed by atoms with Crippen molar-refractivity contribution in [2.24, 2.45) is 5.73 Å². The number of carbonyl (C=O) groups is 2. The number of nitrogens with two attached hydrogens (primary N) is 1. The lowest BCUT2D eigenvalue weighted by molar-refractivity contribution is -0.160. The molecule has 0 spiro atoms. The number of esters is 2. The summed E-state index contributed by atoms with van der Waals surface area (Å²) in [6, 6.07) is 0. The van der Waals surface area contributed by atoms with Gasteiger partial charge in [0.1, 0.15) is 6.61 Å². The van der Waals surface area contributed by atoms with Crippen LogP contribution in [0.2, 0.25) is 0 Å². The Hall–Kier alpha value is -2.81. The third-order valence-electron chi connectivity index (χ3n) is 9.30. The maximum absolute atomic E-state index is 12.5. The predicted octanol–water partition coefficient (Wildman–Crippen LogP) is 13.6. The van der Waals surface area contributed by atoms with E-state index >= 15 is 0 Å². The minimum Gasteiger partial charge on any atom is -0.462 e. The third-order valence-corrected chi connectivity index (χ3v) is 10.3. The standard InChI is InChI=1S/C49H84NO8P/c1-3-5-7-9-11-13-15-17-19-20-21-22-23-24-25-26-28-29-31-33-35-37-39-41-48(51)55-45-47(46-57-59(53,54)56-44-43-50)58-49(52)42-40-38-36-34-32-30-27-18-16-14-12-10-8-6-4-2/h6,8,12,14-15,17-18,20-21,27,32,34,38,40,47H,3-5,7,9-11,13,16,19,22-26,28-31,33,35-37,39,41-46,50H2,1-2H3,(H,53,54)/b8-6-,14-12-,17-15-,21-20-,27-18-,34-32-,40-38-. The quantitative estimate of drug-likeness (QED) is 0.0266.